The average molecular weight is 325 g/mol. The summed E-state index contributed by atoms with van der Waals surface area (Å²) in [4.78, 5) is 24.2. The average Bonchev–Trinajstić information content (AvgIpc) is 2.56. The summed E-state index contributed by atoms with van der Waals surface area (Å²) in [7, 11) is 0. The molecule has 0 radical (unpaired) electrons. The SMILES string of the molecule is C[C@H](N[C@@H](C)C(=O)OC1CCCCC1)C(=O)OC1CCCCC1. The van der Waals surface area contributed by atoms with Gasteiger partial charge in [-0.1, -0.05) is 12.8 Å². The molecule has 0 bridgehead atoms. The smallest absolute Gasteiger partial charge is 0.323 e. The van der Waals surface area contributed by atoms with Gasteiger partial charge in [-0.25, -0.2) is 0 Å². The van der Waals surface area contributed by atoms with Crippen LogP contribution in [0, 0.1) is 0 Å². The highest BCUT2D eigenvalue weighted by Gasteiger charge is 2.26. The summed E-state index contributed by atoms with van der Waals surface area (Å²) in [6.07, 6.45) is 10.9. The Morgan fingerprint density at radius 2 is 1.09 bits per heavy atom. The maximum absolute atomic E-state index is 12.1. The summed E-state index contributed by atoms with van der Waals surface area (Å²) >= 11 is 0. The molecule has 0 spiro atoms. The minimum atomic E-state index is -0.495. The van der Waals surface area contributed by atoms with Crippen molar-refractivity contribution in [1.82, 2.24) is 5.32 Å². The predicted octanol–water partition coefficient (Wildman–Crippen LogP) is 3.10. The van der Waals surface area contributed by atoms with Gasteiger partial charge in [0.05, 0.1) is 0 Å². The second-order valence-corrected chi connectivity index (χ2v) is 7.00. The lowest BCUT2D eigenvalue weighted by atomic mass is 9.98. The van der Waals surface area contributed by atoms with E-state index in [-0.39, 0.29) is 24.1 Å². The van der Waals surface area contributed by atoms with Gasteiger partial charge < -0.3 is 9.47 Å². The lowest BCUT2D eigenvalue weighted by molar-refractivity contribution is -0.155. The zero-order chi connectivity index (χ0) is 16.7. The lowest BCUT2D eigenvalue weighted by Crippen LogP contribution is -2.46. The van der Waals surface area contributed by atoms with Crippen LogP contribution < -0.4 is 5.32 Å². The molecule has 1 N–H and O–H groups in total. The van der Waals surface area contributed by atoms with E-state index in [1.165, 1.54) is 12.8 Å². The van der Waals surface area contributed by atoms with Crippen LogP contribution in [0.1, 0.15) is 78.1 Å². The van der Waals surface area contributed by atoms with E-state index in [0.717, 1.165) is 51.4 Å². The third-order valence-electron chi connectivity index (χ3n) is 4.88. The monoisotopic (exact) mass is 325 g/mol. The molecule has 0 unspecified atom stereocenters. The van der Waals surface area contributed by atoms with Crippen LogP contribution in [-0.2, 0) is 19.1 Å². The standard InChI is InChI=1S/C18H31NO4/c1-13(17(20)22-15-9-5-3-6-10-15)19-14(2)18(21)23-16-11-7-4-8-12-16/h13-16,19H,3-12H2,1-2H3/t13-,14-/m0/s1. The Kier molecular flexibility index (Phi) is 7.34. The fourth-order valence-corrected chi connectivity index (χ4v) is 3.41. The predicted molar refractivity (Wildman–Crippen MR) is 88.0 cm³/mol. The number of hydrogen-bond acceptors (Lipinski definition) is 5. The Hall–Kier alpha value is -1.10. The van der Waals surface area contributed by atoms with Crippen LogP contribution in [0.2, 0.25) is 0 Å². The van der Waals surface area contributed by atoms with E-state index in [4.69, 9.17) is 9.47 Å². The van der Waals surface area contributed by atoms with Crippen molar-refractivity contribution in [1.29, 1.82) is 0 Å². The zero-order valence-corrected chi connectivity index (χ0v) is 14.5. The minimum absolute atomic E-state index is 0.0463. The number of esters is 2. The third-order valence-corrected chi connectivity index (χ3v) is 4.88. The number of rotatable bonds is 6. The first-order chi connectivity index (χ1) is 11.1. The molecular formula is C18H31NO4. The molecule has 2 atom stereocenters. The van der Waals surface area contributed by atoms with E-state index in [1.807, 2.05) is 0 Å². The number of nitrogens with one attached hydrogen (secondary N) is 1. The summed E-state index contributed by atoms with van der Waals surface area (Å²) in [5.74, 6) is -0.538. The lowest BCUT2D eigenvalue weighted by Gasteiger charge is -2.26. The van der Waals surface area contributed by atoms with Crippen molar-refractivity contribution in [3.63, 3.8) is 0 Å². The molecule has 2 saturated carbocycles. The Bertz CT molecular complexity index is 350. The van der Waals surface area contributed by atoms with E-state index in [2.05, 4.69) is 5.32 Å². The normalized spacial score (nSPS) is 23.0. The van der Waals surface area contributed by atoms with Crippen LogP contribution >= 0.6 is 0 Å². The van der Waals surface area contributed by atoms with E-state index in [0.29, 0.717) is 0 Å². The van der Waals surface area contributed by atoms with E-state index < -0.39 is 12.1 Å². The summed E-state index contributed by atoms with van der Waals surface area (Å²) in [6, 6.07) is -0.989. The van der Waals surface area contributed by atoms with Gasteiger partial charge in [0, 0.05) is 0 Å². The van der Waals surface area contributed by atoms with Crippen molar-refractivity contribution in [3.05, 3.63) is 0 Å². The zero-order valence-electron chi connectivity index (χ0n) is 14.5. The van der Waals surface area contributed by atoms with Gasteiger partial charge in [-0.15, -0.1) is 0 Å². The highest BCUT2D eigenvalue weighted by atomic mass is 16.6. The van der Waals surface area contributed by atoms with Gasteiger partial charge in [0.15, 0.2) is 0 Å². The van der Waals surface area contributed by atoms with E-state index >= 15 is 0 Å². The molecule has 0 aliphatic heterocycles. The van der Waals surface area contributed by atoms with Crippen LogP contribution in [-0.4, -0.2) is 36.2 Å². The molecular weight excluding hydrogens is 294 g/mol. The topological polar surface area (TPSA) is 64.6 Å². The molecule has 5 heteroatoms. The molecule has 0 aromatic carbocycles. The highest BCUT2D eigenvalue weighted by molar-refractivity contribution is 5.79. The Balaban J connectivity index is 1.70. The molecule has 0 amide bonds. The Labute approximate surface area is 139 Å². The van der Waals surface area contributed by atoms with Crippen molar-refractivity contribution < 1.29 is 19.1 Å². The summed E-state index contributed by atoms with van der Waals surface area (Å²) < 4.78 is 11.1. The fraction of sp³-hybridized carbons (Fsp3) is 0.889. The van der Waals surface area contributed by atoms with Crippen LogP contribution in [0.15, 0.2) is 0 Å². The van der Waals surface area contributed by atoms with Crippen LogP contribution in [0.5, 0.6) is 0 Å². The van der Waals surface area contributed by atoms with Crippen LogP contribution in [0.25, 0.3) is 0 Å². The molecule has 2 aliphatic carbocycles. The second-order valence-electron chi connectivity index (χ2n) is 7.00. The Morgan fingerprint density at radius 3 is 1.43 bits per heavy atom. The summed E-state index contributed by atoms with van der Waals surface area (Å²) in [5, 5.41) is 3.01. The molecule has 2 fully saturated rings. The Morgan fingerprint density at radius 1 is 0.739 bits per heavy atom. The van der Waals surface area contributed by atoms with Gasteiger partial charge in [-0.05, 0) is 65.2 Å². The maximum Gasteiger partial charge on any atom is 0.323 e. The maximum atomic E-state index is 12.1. The summed E-state index contributed by atoms with van der Waals surface area (Å²) in [6.45, 7) is 3.49. The fourth-order valence-electron chi connectivity index (χ4n) is 3.41. The highest BCUT2D eigenvalue weighted by Crippen LogP contribution is 2.21. The van der Waals surface area contributed by atoms with E-state index in [9.17, 15) is 9.59 Å². The van der Waals surface area contributed by atoms with Gasteiger partial charge in [0.1, 0.15) is 24.3 Å². The quantitative estimate of drug-likeness (QED) is 0.760. The number of hydrogen-bond donors (Lipinski definition) is 1. The molecule has 132 valence electrons. The third kappa shape index (κ3) is 6.13. The molecule has 5 nitrogen and oxygen atoms in total. The number of ether oxygens (including phenoxy) is 2. The first-order valence-electron chi connectivity index (χ1n) is 9.23. The molecule has 0 heterocycles. The molecule has 2 rings (SSSR count). The molecule has 0 saturated heterocycles. The minimum Gasteiger partial charge on any atom is -0.461 e. The number of carbonyl (C=O) groups is 2. The van der Waals surface area contributed by atoms with Gasteiger partial charge in [-0.3, -0.25) is 14.9 Å². The van der Waals surface area contributed by atoms with Crippen LogP contribution in [0.4, 0.5) is 0 Å². The van der Waals surface area contributed by atoms with Crippen molar-refractivity contribution in [3.8, 4) is 0 Å². The first-order valence-corrected chi connectivity index (χ1v) is 9.23. The second kappa shape index (κ2) is 9.26. The van der Waals surface area contributed by atoms with Gasteiger partial charge in [0.2, 0.25) is 0 Å². The van der Waals surface area contributed by atoms with Crippen molar-refractivity contribution in [2.75, 3.05) is 0 Å². The van der Waals surface area contributed by atoms with Gasteiger partial charge >= 0.3 is 11.9 Å². The van der Waals surface area contributed by atoms with Gasteiger partial charge in [-0.2, -0.15) is 0 Å². The van der Waals surface area contributed by atoms with Crippen molar-refractivity contribution in [2.45, 2.75) is 102 Å². The van der Waals surface area contributed by atoms with Crippen LogP contribution in [0.3, 0.4) is 0 Å². The number of carbonyl (C=O) groups excluding carboxylic acids is 2. The summed E-state index contributed by atoms with van der Waals surface area (Å²) in [5.41, 5.74) is 0. The largest absolute Gasteiger partial charge is 0.461 e. The molecule has 23 heavy (non-hydrogen) atoms. The van der Waals surface area contributed by atoms with E-state index in [1.54, 1.807) is 13.8 Å². The molecule has 0 aromatic heterocycles. The van der Waals surface area contributed by atoms with Gasteiger partial charge in [0.25, 0.3) is 0 Å². The first kappa shape index (κ1) is 18.2. The molecule has 0 aromatic rings. The molecule has 2 aliphatic rings. The van der Waals surface area contributed by atoms with Crippen molar-refractivity contribution >= 4 is 11.9 Å². The van der Waals surface area contributed by atoms with Crippen molar-refractivity contribution in [2.24, 2.45) is 0 Å².